The lowest BCUT2D eigenvalue weighted by molar-refractivity contribution is 0.102. The molecule has 0 fully saturated rings. The molecule has 1 aromatic carbocycles. The lowest BCUT2D eigenvalue weighted by Gasteiger charge is -2.04. The van der Waals surface area contributed by atoms with Crippen LogP contribution >= 0.6 is 11.3 Å². The molecule has 2 N–H and O–H groups in total. The third-order valence-electron chi connectivity index (χ3n) is 2.05. The fourth-order valence-corrected chi connectivity index (χ4v) is 1.81. The van der Waals surface area contributed by atoms with Crippen LogP contribution in [0.4, 0.5) is 5.13 Å². The van der Waals surface area contributed by atoms with Gasteiger partial charge in [-0.2, -0.15) is 0 Å². The molecule has 1 aromatic heterocycles. The van der Waals surface area contributed by atoms with E-state index in [0.29, 0.717) is 5.13 Å². The molecule has 0 aliphatic heterocycles. The molecule has 0 atom stereocenters. The van der Waals surface area contributed by atoms with Gasteiger partial charge in [0.15, 0.2) is 5.13 Å². The second-order valence-corrected chi connectivity index (χ2v) is 4.21. The number of aromatic nitrogens is 1. The summed E-state index contributed by atoms with van der Waals surface area (Å²) in [5, 5.41) is 14.5. The third kappa shape index (κ3) is 2.20. The van der Waals surface area contributed by atoms with E-state index < -0.39 is 0 Å². The second kappa shape index (κ2) is 4.32. The van der Waals surface area contributed by atoms with E-state index in [-0.39, 0.29) is 17.2 Å². The summed E-state index contributed by atoms with van der Waals surface area (Å²) in [4.78, 5) is 15.7. The normalized spacial score (nSPS) is 10.1. The van der Waals surface area contributed by atoms with Crippen molar-refractivity contribution in [2.45, 2.75) is 6.92 Å². The number of amides is 1. The maximum Gasteiger partial charge on any atom is 0.261 e. The first-order chi connectivity index (χ1) is 7.66. The predicted octanol–water partition coefficient (Wildman–Crippen LogP) is 2.41. The molecule has 2 rings (SSSR count). The Bertz CT molecular complexity index is 509. The quantitative estimate of drug-likeness (QED) is 0.838. The van der Waals surface area contributed by atoms with Crippen LogP contribution in [0.5, 0.6) is 5.75 Å². The van der Waals surface area contributed by atoms with Crippen LogP contribution in [-0.2, 0) is 0 Å². The van der Waals surface area contributed by atoms with Crippen LogP contribution in [-0.4, -0.2) is 16.0 Å². The van der Waals surface area contributed by atoms with E-state index in [9.17, 15) is 9.90 Å². The fourth-order valence-electron chi connectivity index (χ4n) is 1.28. The molecular weight excluding hydrogens is 224 g/mol. The van der Waals surface area contributed by atoms with Crippen LogP contribution in [0.15, 0.2) is 29.8 Å². The van der Waals surface area contributed by atoms with Gasteiger partial charge in [-0.05, 0) is 24.6 Å². The number of phenolic OH excluding ortho intramolecular Hbond substituents is 1. The van der Waals surface area contributed by atoms with Gasteiger partial charge in [0.25, 0.3) is 5.91 Å². The van der Waals surface area contributed by atoms with E-state index in [2.05, 4.69) is 10.3 Å². The van der Waals surface area contributed by atoms with Crippen molar-refractivity contribution in [3.8, 4) is 5.75 Å². The monoisotopic (exact) mass is 234 g/mol. The van der Waals surface area contributed by atoms with Gasteiger partial charge >= 0.3 is 0 Å². The lowest BCUT2D eigenvalue weighted by Crippen LogP contribution is -2.11. The van der Waals surface area contributed by atoms with Gasteiger partial charge in [-0.3, -0.25) is 10.1 Å². The molecule has 0 saturated carbocycles. The van der Waals surface area contributed by atoms with E-state index in [4.69, 9.17) is 0 Å². The highest BCUT2D eigenvalue weighted by Crippen LogP contribution is 2.20. The summed E-state index contributed by atoms with van der Waals surface area (Å²) in [6.45, 7) is 1.85. The molecule has 0 spiro atoms. The molecule has 0 aliphatic rings. The number of nitrogens with one attached hydrogen (secondary N) is 1. The number of aryl methyl sites for hydroxylation is 1. The summed E-state index contributed by atoms with van der Waals surface area (Å²) in [6, 6.07) is 4.92. The summed E-state index contributed by atoms with van der Waals surface area (Å²) >= 11 is 1.33. The molecule has 82 valence electrons. The Labute approximate surface area is 96.6 Å². The van der Waals surface area contributed by atoms with Crippen LogP contribution in [0.1, 0.15) is 15.9 Å². The van der Waals surface area contributed by atoms with Crippen molar-refractivity contribution < 1.29 is 9.90 Å². The molecule has 2 aromatic rings. The molecule has 5 heteroatoms. The number of nitrogens with zero attached hydrogens (tertiary/aromatic N) is 1. The minimum atomic E-state index is -0.354. The number of carbonyl (C=O) groups excluding carboxylic acids is 1. The van der Waals surface area contributed by atoms with Gasteiger partial charge in [0.2, 0.25) is 0 Å². The van der Waals surface area contributed by atoms with Crippen molar-refractivity contribution in [3.05, 3.63) is 40.9 Å². The van der Waals surface area contributed by atoms with Crippen LogP contribution in [0.2, 0.25) is 0 Å². The molecule has 0 saturated heterocycles. The minimum absolute atomic E-state index is 0.0194. The smallest absolute Gasteiger partial charge is 0.261 e. The number of hydrogen-bond donors (Lipinski definition) is 2. The Hall–Kier alpha value is -1.88. The van der Waals surface area contributed by atoms with E-state index >= 15 is 0 Å². The van der Waals surface area contributed by atoms with Gasteiger partial charge in [0, 0.05) is 11.6 Å². The van der Waals surface area contributed by atoms with Gasteiger partial charge in [0.1, 0.15) is 5.75 Å². The highest BCUT2D eigenvalue weighted by molar-refractivity contribution is 7.13. The summed E-state index contributed by atoms with van der Waals surface area (Å²) in [7, 11) is 0. The summed E-state index contributed by atoms with van der Waals surface area (Å²) in [6.07, 6.45) is 1.61. The van der Waals surface area contributed by atoms with Gasteiger partial charge < -0.3 is 5.11 Å². The molecule has 0 aliphatic carbocycles. The Morgan fingerprint density at radius 2 is 2.31 bits per heavy atom. The standard InChI is InChI=1S/C11H10N2O2S/c1-7-2-3-8(9(14)6-7)10(15)13-11-12-4-5-16-11/h2-6,14H,1H3,(H,12,13,15). The Morgan fingerprint density at radius 3 is 2.94 bits per heavy atom. The topological polar surface area (TPSA) is 62.2 Å². The summed E-state index contributed by atoms with van der Waals surface area (Å²) in [5.74, 6) is -0.374. The van der Waals surface area contributed by atoms with Crippen molar-refractivity contribution in [1.82, 2.24) is 4.98 Å². The highest BCUT2D eigenvalue weighted by Gasteiger charge is 2.11. The van der Waals surface area contributed by atoms with Gasteiger partial charge in [0.05, 0.1) is 5.56 Å². The van der Waals surface area contributed by atoms with Crippen LogP contribution in [0.3, 0.4) is 0 Å². The van der Waals surface area contributed by atoms with Crippen LogP contribution in [0, 0.1) is 6.92 Å². The average Bonchev–Trinajstić information content (AvgIpc) is 2.70. The van der Waals surface area contributed by atoms with Crippen LogP contribution in [0.25, 0.3) is 0 Å². The third-order valence-corrected chi connectivity index (χ3v) is 2.74. The Morgan fingerprint density at radius 1 is 1.50 bits per heavy atom. The number of hydrogen-bond acceptors (Lipinski definition) is 4. The minimum Gasteiger partial charge on any atom is -0.507 e. The van der Waals surface area contributed by atoms with Crippen molar-refractivity contribution in [1.29, 1.82) is 0 Å². The lowest BCUT2D eigenvalue weighted by atomic mass is 10.1. The molecule has 4 nitrogen and oxygen atoms in total. The largest absolute Gasteiger partial charge is 0.507 e. The molecule has 0 radical (unpaired) electrons. The number of anilines is 1. The molecule has 16 heavy (non-hydrogen) atoms. The van der Waals surface area contributed by atoms with Crippen molar-refractivity contribution in [2.75, 3.05) is 5.32 Å². The van der Waals surface area contributed by atoms with Crippen LogP contribution < -0.4 is 5.32 Å². The van der Waals surface area contributed by atoms with Crippen molar-refractivity contribution in [3.63, 3.8) is 0 Å². The summed E-state index contributed by atoms with van der Waals surface area (Å²) in [5.41, 5.74) is 1.16. The first-order valence-corrected chi connectivity index (χ1v) is 5.55. The number of benzene rings is 1. The number of aromatic hydroxyl groups is 1. The first-order valence-electron chi connectivity index (χ1n) is 4.67. The number of carbonyl (C=O) groups is 1. The van der Waals surface area contributed by atoms with Gasteiger partial charge in [-0.25, -0.2) is 4.98 Å². The van der Waals surface area contributed by atoms with Crippen molar-refractivity contribution in [2.24, 2.45) is 0 Å². The zero-order valence-corrected chi connectivity index (χ0v) is 9.41. The number of rotatable bonds is 2. The first kappa shape index (κ1) is 10.6. The SMILES string of the molecule is Cc1ccc(C(=O)Nc2nccs2)c(O)c1. The average molecular weight is 234 g/mol. The molecule has 1 amide bonds. The van der Waals surface area contributed by atoms with E-state index in [1.165, 1.54) is 11.3 Å². The zero-order chi connectivity index (χ0) is 11.5. The molecule has 0 unspecified atom stereocenters. The Balaban J connectivity index is 2.21. The highest BCUT2D eigenvalue weighted by atomic mass is 32.1. The maximum atomic E-state index is 11.7. The Kier molecular flexibility index (Phi) is 2.87. The molecule has 0 bridgehead atoms. The molecule has 1 heterocycles. The zero-order valence-electron chi connectivity index (χ0n) is 8.60. The van der Waals surface area contributed by atoms with Gasteiger partial charge in [-0.15, -0.1) is 11.3 Å². The van der Waals surface area contributed by atoms with E-state index in [0.717, 1.165) is 5.56 Å². The number of phenols is 1. The number of thiazole rings is 1. The second-order valence-electron chi connectivity index (χ2n) is 3.31. The predicted molar refractivity (Wildman–Crippen MR) is 62.9 cm³/mol. The van der Waals surface area contributed by atoms with Crippen molar-refractivity contribution >= 4 is 22.4 Å². The molecular formula is C11H10N2O2S. The fraction of sp³-hybridized carbons (Fsp3) is 0.0909. The van der Waals surface area contributed by atoms with E-state index in [1.807, 2.05) is 6.92 Å². The summed E-state index contributed by atoms with van der Waals surface area (Å²) < 4.78 is 0. The van der Waals surface area contributed by atoms with Gasteiger partial charge in [-0.1, -0.05) is 6.07 Å². The maximum absolute atomic E-state index is 11.7. The van der Waals surface area contributed by atoms with E-state index in [1.54, 1.807) is 29.8 Å².